The zero-order chi connectivity index (χ0) is 22.4. The summed E-state index contributed by atoms with van der Waals surface area (Å²) in [5, 5.41) is 8.21. The number of carbonyl (C=O) groups is 1. The summed E-state index contributed by atoms with van der Waals surface area (Å²) in [5.74, 6) is 0.177. The first-order chi connectivity index (χ1) is 15.5. The third-order valence-electron chi connectivity index (χ3n) is 7.02. The lowest BCUT2D eigenvalue weighted by molar-refractivity contribution is 0.0776. The van der Waals surface area contributed by atoms with Gasteiger partial charge < -0.3 is 10.6 Å². The van der Waals surface area contributed by atoms with E-state index in [4.69, 9.17) is 16.1 Å². The molecule has 2 unspecified atom stereocenters. The summed E-state index contributed by atoms with van der Waals surface area (Å²) >= 11 is 1.66. The number of thiazole rings is 1. The number of fused-ring (bicyclic) bond motifs is 3. The molecule has 8 heteroatoms. The van der Waals surface area contributed by atoms with E-state index in [1.54, 1.807) is 11.3 Å². The normalized spacial score (nSPS) is 21.1. The van der Waals surface area contributed by atoms with Gasteiger partial charge >= 0.3 is 0 Å². The van der Waals surface area contributed by atoms with Crippen molar-refractivity contribution in [3.05, 3.63) is 46.6 Å². The maximum Gasteiger partial charge on any atom is 0.195 e. The number of rotatable bonds is 5. The van der Waals surface area contributed by atoms with Crippen molar-refractivity contribution >= 4 is 40.3 Å². The molecule has 1 aromatic carbocycles. The second kappa shape index (κ2) is 9.57. The molecule has 2 aromatic heterocycles. The molecule has 1 fully saturated rings. The highest BCUT2D eigenvalue weighted by molar-refractivity contribution is 7.17. The second-order valence-corrected chi connectivity index (χ2v) is 10.5. The van der Waals surface area contributed by atoms with Crippen LogP contribution in [0.3, 0.4) is 0 Å². The standard InChI is InChI=1S/C25H31N5OS.ClH/c1-15(2)29-13-7-10-17(14-29)23(31)22-20(16-8-4-3-5-9-16)28-25-30(22)21-18(24(26)27)11-6-12-19(21)32-25;/h3-5,8-9,15,17-18H,6-7,10-14H2,1-2H3,(H3,26,27);1H. The molecule has 1 aliphatic carbocycles. The number of amidine groups is 1. The smallest absolute Gasteiger partial charge is 0.195 e. The Balaban J connectivity index is 0.00000259. The van der Waals surface area contributed by atoms with Gasteiger partial charge in [-0.2, -0.15) is 0 Å². The Bertz CT molecular complexity index is 1170. The molecule has 3 aromatic rings. The van der Waals surface area contributed by atoms with E-state index in [2.05, 4.69) is 23.1 Å². The minimum atomic E-state index is -0.143. The Morgan fingerprint density at radius 3 is 2.67 bits per heavy atom. The van der Waals surface area contributed by atoms with Crippen molar-refractivity contribution in [1.82, 2.24) is 14.3 Å². The van der Waals surface area contributed by atoms with Gasteiger partial charge in [-0.25, -0.2) is 4.98 Å². The van der Waals surface area contributed by atoms with Crippen LogP contribution in [0.1, 0.15) is 66.5 Å². The zero-order valence-electron chi connectivity index (χ0n) is 19.2. The van der Waals surface area contributed by atoms with E-state index in [9.17, 15) is 4.79 Å². The van der Waals surface area contributed by atoms with Crippen molar-refractivity contribution in [2.45, 2.75) is 57.9 Å². The molecule has 6 nitrogen and oxygen atoms in total. The Labute approximate surface area is 205 Å². The van der Waals surface area contributed by atoms with Crippen LogP contribution in [0.2, 0.25) is 0 Å². The van der Waals surface area contributed by atoms with Gasteiger partial charge in [-0.05, 0) is 52.5 Å². The van der Waals surface area contributed by atoms with Gasteiger partial charge in [0, 0.05) is 34.6 Å². The molecule has 0 bridgehead atoms. The number of Topliss-reactive ketones (excluding diaryl/α,β-unsaturated/α-hetero) is 1. The third kappa shape index (κ3) is 4.22. The molecule has 0 spiro atoms. The first-order valence-corrected chi connectivity index (χ1v) is 12.5. The molecule has 33 heavy (non-hydrogen) atoms. The fraction of sp³-hybridized carbons (Fsp3) is 0.480. The van der Waals surface area contributed by atoms with Crippen LogP contribution in [0.15, 0.2) is 30.3 Å². The number of carbonyl (C=O) groups excluding carboxylic acids is 1. The first kappa shape index (κ1) is 23.9. The average molecular weight is 486 g/mol. The zero-order valence-corrected chi connectivity index (χ0v) is 20.8. The van der Waals surface area contributed by atoms with Crippen LogP contribution in [0.4, 0.5) is 0 Å². The number of benzene rings is 1. The Morgan fingerprint density at radius 1 is 1.21 bits per heavy atom. The van der Waals surface area contributed by atoms with Gasteiger partial charge in [-0.3, -0.25) is 14.6 Å². The SMILES string of the molecule is CC(C)N1CCCC(C(=O)c2c(-c3ccccc3)nc3sc4c(n23)C(C(=N)N)CCC4)C1.Cl. The lowest BCUT2D eigenvalue weighted by Crippen LogP contribution is -2.42. The Kier molecular flexibility index (Phi) is 6.93. The van der Waals surface area contributed by atoms with Crippen molar-refractivity contribution in [2.75, 3.05) is 13.1 Å². The maximum atomic E-state index is 14.1. The van der Waals surface area contributed by atoms with Gasteiger partial charge in [-0.1, -0.05) is 30.3 Å². The monoisotopic (exact) mass is 485 g/mol. The predicted molar refractivity (Wildman–Crippen MR) is 137 cm³/mol. The van der Waals surface area contributed by atoms with Crippen molar-refractivity contribution in [1.29, 1.82) is 5.41 Å². The van der Waals surface area contributed by atoms with Crippen LogP contribution >= 0.6 is 23.7 Å². The quantitative estimate of drug-likeness (QED) is 0.297. The molecule has 176 valence electrons. The second-order valence-electron chi connectivity index (χ2n) is 9.40. The molecule has 1 aliphatic heterocycles. The molecule has 3 N–H and O–H groups in total. The summed E-state index contributed by atoms with van der Waals surface area (Å²) in [7, 11) is 0. The van der Waals surface area contributed by atoms with Crippen LogP contribution in [0.5, 0.6) is 0 Å². The number of imidazole rings is 1. The molecular formula is C25H32ClN5OS. The number of hydrogen-bond donors (Lipinski definition) is 2. The minimum absolute atomic E-state index is 0. The minimum Gasteiger partial charge on any atom is -0.387 e. The van der Waals surface area contributed by atoms with Crippen molar-refractivity contribution in [2.24, 2.45) is 11.7 Å². The molecule has 0 saturated carbocycles. The van der Waals surface area contributed by atoms with Crippen LogP contribution in [0.25, 0.3) is 16.2 Å². The lowest BCUT2D eigenvalue weighted by atomic mass is 9.88. The molecule has 3 heterocycles. The topological polar surface area (TPSA) is 87.5 Å². The summed E-state index contributed by atoms with van der Waals surface area (Å²) in [6.07, 6.45) is 4.78. The molecule has 2 aliphatic rings. The summed E-state index contributed by atoms with van der Waals surface area (Å²) in [5.41, 5.74) is 9.48. The lowest BCUT2D eigenvalue weighted by Gasteiger charge is -2.34. The summed E-state index contributed by atoms with van der Waals surface area (Å²) in [6, 6.07) is 10.5. The van der Waals surface area contributed by atoms with E-state index in [1.807, 2.05) is 30.3 Å². The van der Waals surface area contributed by atoms with Crippen LogP contribution < -0.4 is 5.73 Å². The first-order valence-electron chi connectivity index (χ1n) is 11.7. The number of nitrogens with two attached hydrogens (primary N) is 1. The summed E-state index contributed by atoms with van der Waals surface area (Å²) in [4.78, 5) is 23.6. The van der Waals surface area contributed by atoms with Gasteiger partial charge in [0.15, 0.2) is 10.7 Å². The van der Waals surface area contributed by atoms with Crippen LogP contribution in [-0.2, 0) is 6.42 Å². The van der Waals surface area contributed by atoms with E-state index in [-0.39, 0.29) is 35.9 Å². The van der Waals surface area contributed by atoms with Gasteiger partial charge in [0.1, 0.15) is 11.4 Å². The number of hydrogen-bond acceptors (Lipinski definition) is 5. The van der Waals surface area contributed by atoms with E-state index in [0.717, 1.165) is 67.1 Å². The van der Waals surface area contributed by atoms with Gasteiger partial charge in [0.25, 0.3) is 0 Å². The predicted octanol–water partition coefficient (Wildman–Crippen LogP) is 5.14. The van der Waals surface area contributed by atoms with Gasteiger partial charge in [-0.15, -0.1) is 23.7 Å². The van der Waals surface area contributed by atoms with Crippen molar-refractivity contribution in [3.63, 3.8) is 0 Å². The average Bonchev–Trinajstić information content (AvgIpc) is 3.35. The number of halogens is 1. The van der Waals surface area contributed by atoms with E-state index < -0.39 is 0 Å². The highest BCUT2D eigenvalue weighted by Crippen LogP contribution is 2.41. The van der Waals surface area contributed by atoms with Gasteiger partial charge in [0.2, 0.25) is 0 Å². The fourth-order valence-electron chi connectivity index (χ4n) is 5.32. The highest BCUT2D eigenvalue weighted by atomic mass is 35.5. The number of nitrogens with one attached hydrogen (secondary N) is 1. The van der Waals surface area contributed by atoms with Crippen molar-refractivity contribution < 1.29 is 4.79 Å². The molecule has 0 radical (unpaired) electrons. The maximum absolute atomic E-state index is 14.1. The largest absolute Gasteiger partial charge is 0.387 e. The molecule has 2 atom stereocenters. The number of piperidine rings is 1. The number of ketones is 1. The van der Waals surface area contributed by atoms with Crippen molar-refractivity contribution in [3.8, 4) is 11.3 Å². The molecule has 1 saturated heterocycles. The Morgan fingerprint density at radius 2 is 1.97 bits per heavy atom. The fourth-order valence-corrected chi connectivity index (χ4v) is 6.54. The van der Waals surface area contributed by atoms with Gasteiger partial charge in [0.05, 0.1) is 11.8 Å². The molecular weight excluding hydrogens is 454 g/mol. The number of likely N-dealkylation sites (tertiary alicyclic amines) is 1. The van der Waals surface area contributed by atoms with E-state index in [1.165, 1.54) is 4.88 Å². The molecule has 5 rings (SSSR count). The Hall–Kier alpha value is -2.22. The van der Waals surface area contributed by atoms with E-state index >= 15 is 0 Å². The number of aromatic nitrogens is 2. The summed E-state index contributed by atoms with van der Waals surface area (Å²) < 4.78 is 2.07. The summed E-state index contributed by atoms with van der Waals surface area (Å²) in [6.45, 7) is 6.24. The molecule has 0 amide bonds. The third-order valence-corrected chi connectivity index (χ3v) is 8.14. The highest BCUT2D eigenvalue weighted by Gasteiger charge is 2.36. The number of aryl methyl sites for hydroxylation is 1. The number of nitrogens with zero attached hydrogens (tertiary/aromatic N) is 3. The van der Waals surface area contributed by atoms with E-state index in [0.29, 0.717) is 11.7 Å². The van der Waals surface area contributed by atoms with Crippen LogP contribution in [0, 0.1) is 11.3 Å². The van der Waals surface area contributed by atoms with Crippen LogP contribution in [-0.4, -0.2) is 45.0 Å².